The van der Waals surface area contributed by atoms with Crippen molar-refractivity contribution in [3.8, 4) is 0 Å². The second-order valence-corrected chi connectivity index (χ2v) is 6.31. The highest BCUT2D eigenvalue weighted by Gasteiger charge is 2.29. The van der Waals surface area contributed by atoms with Crippen molar-refractivity contribution in [1.29, 1.82) is 0 Å². The SMILES string of the molecule is Cn1cc(S(=O)(=O)N2CCNCC2)c(=O)n(C)c1=O. The summed E-state index contributed by atoms with van der Waals surface area (Å²) in [6.07, 6.45) is 1.09. The van der Waals surface area contributed by atoms with Gasteiger partial charge >= 0.3 is 5.69 Å². The van der Waals surface area contributed by atoms with Crippen LogP contribution in [0.1, 0.15) is 0 Å². The van der Waals surface area contributed by atoms with Gasteiger partial charge in [-0.25, -0.2) is 13.2 Å². The van der Waals surface area contributed by atoms with E-state index in [1.807, 2.05) is 0 Å². The van der Waals surface area contributed by atoms with Crippen LogP contribution in [0.4, 0.5) is 0 Å². The summed E-state index contributed by atoms with van der Waals surface area (Å²) in [5, 5.41) is 3.04. The molecule has 2 rings (SSSR count). The number of nitrogens with one attached hydrogen (secondary N) is 1. The van der Waals surface area contributed by atoms with Crippen molar-refractivity contribution < 1.29 is 8.42 Å². The van der Waals surface area contributed by atoms with Crippen molar-refractivity contribution in [2.75, 3.05) is 26.2 Å². The molecule has 0 bridgehead atoms. The van der Waals surface area contributed by atoms with Crippen molar-refractivity contribution in [2.45, 2.75) is 4.90 Å². The molecule has 1 aromatic rings. The van der Waals surface area contributed by atoms with E-state index in [-0.39, 0.29) is 4.90 Å². The second kappa shape index (κ2) is 4.91. The number of hydrogen-bond acceptors (Lipinski definition) is 5. The normalized spacial score (nSPS) is 17.6. The summed E-state index contributed by atoms with van der Waals surface area (Å²) < 4.78 is 27.9. The fourth-order valence-electron chi connectivity index (χ4n) is 1.98. The average molecular weight is 288 g/mol. The van der Waals surface area contributed by atoms with Crippen LogP contribution in [-0.4, -0.2) is 48.0 Å². The van der Waals surface area contributed by atoms with Gasteiger partial charge in [-0.15, -0.1) is 0 Å². The molecule has 0 aromatic carbocycles. The lowest BCUT2D eigenvalue weighted by Gasteiger charge is -2.26. The molecule has 2 heterocycles. The van der Waals surface area contributed by atoms with E-state index >= 15 is 0 Å². The Morgan fingerprint density at radius 2 is 1.74 bits per heavy atom. The van der Waals surface area contributed by atoms with Gasteiger partial charge < -0.3 is 9.88 Å². The third-order valence-corrected chi connectivity index (χ3v) is 4.99. The number of rotatable bonds is 2. The van der Waals surface area contributed by atoms with Gasteiger partial charge in [0.15, 0.2) is 4.90 Å². The van der Waals surface area contributed by atoms with E-state index in [9.17, 15) is 18.0 Å². The van der Waals surface area contributed by atoms with E-state index in [1.165, 1.54) is 18.4 Å². The molecular weight excluding hydrogens is 272 g/mol. The van der Waals surface area contributed by atoms with Crippen LogP contribution in [0.5, 0.6) is 0 Å². The lowest BCUT2D eigenvalue weighted by Crippen LogP contribution is -2.49. The van der Waals surface area contributed by atoms with Crippen molar-refractivity contribution in [3.63, 3.8) is 0 Å². The molecule has 1 aliphatic rings. The maximum absolute atomic E-state index is 12.4. The summed E-state index contributed by atoms with van der Waals surface area (Å²) in [6.45, 7) is 1.72. The Kier molecular flexibility index (Phi) is 3.61. The molecule has 0 spiro atoms. The van der Waals surface area contributed by atoms with E-state index in [4.69, 9.17) is 0 Å². The van der Waals surface area contributed by atoms with Crippen LogP contribution < -0.4 is 16.6 Å². The highest BCUT2D eigenvalue weighted by molar-refractivity contribution is 7.89. The first-order chi connectivity index (χ1) is 8.85. The summed E-state index contributed by atoms with van der Waals surface area (Å²) in [7, 11) is -1.17. The quantitative estimate of drug-likeness (QED) is 0.659. The minimum absolute atomic E-state index is 0.314. The number of piperazine rings is 1. The van der Waals surface area contributed by atoms with Crippen molar-refractivity contribution in [1.82, 2.24) is 18.8 Å². The molecule has 0 amide bonds. The molecule has 0 saturated carbocycles. The van der Waals surface area contributed by atoms with Crippen LogP contribution in [-0.2, 0) is 24.1 Å². The Bertz CT molecular complexity index is 697. The molecule has 1 N–H and O–H groups in total. The standard InChI is InChI=1S/C10H16N4O4S/c1-12-7-8(9(15)13(2)10(12)16)19(17,18)14-5-3-11-4-6-14/h7,11H,3-6H2,1-2H3. The van der Waals surface area contributed by atoms with E-state index in [0.29, 0.717) is 26.2 Å². The van der Waals surface area contributed by atoms with Crippen LogP contribution >= 0.6 is 0 Å². The second-order valence-electron chi connectivity index (χ2n) is 4.41. The molecular formula is C10H16N4O4S. The van der Waals surface area contributed by atoms with Gasteiger partial charge in [0, 0.05) is 46.5 Å². The van der Waals surface area contributed by atoms with Gasteiger partial charge in [0.1, 0.15) is 0 Å². The lowest BCUT2D eigenvalue weighted by molar-refractivity contribution is 0.359. The third-order valence-electron chi connectivity index (χ3n) is 3.11. The topological polar surface area (TPSA) is 93.4 Å². The molecule has 1 saturated heterocycles. The highest BCUT2D eigenvalue weighted by Crippen LogP contribution is 2.10. The van der Waals surface area contributed by atoms with E-state index in [1.54, 1.807) is 0 Å². The third kappa shape index (κ3) is 2.36. The zero-order chi connectivity index (χ0) is 14.2. The Balaban J connectivity index is 2.58. The molecule has 1 fully saturated rings. The van der Waals surface area contributed by atoms with Crippen LogP contribution in [0, 0.1) is 0 Å². The fraction of sp³-hybridized carbons (Fsp3) is 0.600. The molecule has 0 radical (unpaired) electrons. The Hall–Kier alpha value is -1.45. The van der Waals surface area contributed by atoms with Gasteiger partial charge in [-0.2, -0.15) is 4.31 Å². The van der Waals surface area contributed by atoms with E-state index in [0.717, 1.165) is 15.3 Å². The fourth-order valence-corrected chi connectivity index (χ4v) is 3.57. The maximum Gasteiger partial charge on any atom is 0.330 e. The maximum atomic E-state index is 12.4. The molecule has 0 aliphatic carbocycles. The molecule has 0 atom stereocenters. The molecule has 1 aliphatic heterocycles. The first-order valence-corrected chi connectivity index (χ1v) is 7.27. The summed E-state index contributed by atoms with van der Waals surface area (Å²) in [5.74, 6) is 0. The van der Waals surface area contributed by atoms with Crippen LogP contribution in [0.3, 0.4) is 0 Å². The number of sulfonamides is 1. The first kappa shape index (κ1) is 14.0. The molecule has 8 nitrogen and oxygen atoms in total. The average Bonchev–Trinajstić information content (AvgIpc) is 2.41. The summed E-state index contributed by atoms with van der Waals surface area (Å²) in [4.78, 5) is 23.1. The molecule has 0 unspecified atom stereocenters. The first-order valence-electron chi connectivity index (χ1n) is 5.83. The summed E-state index contributed by atoms with van der Waals surface area (Å²) in [6, 6.07) is 0. The Morgan fingerprint density at radius 1 is 1.16 bits per heavy atom. The van der Waals surface area contributed by atoms with Crippen LogP contribution in [0.2, 0.25) is 0 Å². The van der Waals surface area contributed by atoms with E-state index in [2.05, 4.69) is 5.32 Å². The predicted octanol–water partition coefficient (Wildman–Crippen LogP) is -2.32. The number of hydrogen-bond donors (Lipinski definition) is 1. The largest absolute Gasteiger partial charge is 0.330 e. The molecule has 1 aromatic heterocycles. The van der Waals surface area contributed by atoms with Crippen molar-refractivity contribution >= 4 is 10.0 Å². The minimum atomic E-state index is -3.85. The Labute approximate surface area is 110 Å². The van der Waals surface area contributed by atoms with Gasteiger partial charge in [-0.1, -0.05) is 0 Å². The number of aryl methyl sites for hydroxylation is 1. The van der Waals surface area contributed by atoms with Crippen LogP contribution in [0.25, 0.3) is 0 Å². The van der Waals surface area contributed by atoms with Crippen molar-refractivity contribution in [2.24, 2.45) is 14.1 Å². The van der Waals surface area contributed by atoms with Gasteiger partial charge in [-0.05, 0) is 0 Å². The summed E-state index contributed by atoms with van der Waals surface area (Å²) in [5.41, 5.74) is -1.34. The monoisotopic (exact) mass is 288 g/mol. The van der Waals surface area contributed by atoms with Crippen LogP contribution in [0.15, 0.2) is 20.7 Å². The van der Waals surface area contributed by atoms with Gasteiger partial charge in [0.05, 0.1) is 0 Å². The Morgan fingerprint density at radius 3 is 2.32 bits per heavy atom. The van der Waals surface area contributed by atoms with Gasteiger partial charge in [-0.3, -0.25) is 9.36 Å². The molecule has 9 heteroatoms. The van der Waals surface area contributed by atoms with E-state index < -0.39 is 21.3 Å². The molecule has 19 heavy (non-hydrogen) atoms. The van der Waals surface area contributed by atoms with Gasteiger partial charge in [0.2, 0.25) is 10.0 Å². The summed E-state index contributed by atoms with van der Waals surface area (Å²) >= 11 is 0. The highest BCUT2D eigenvalue weighted by atomic mass is 32.2. The number of aromatic nitrogens is 2. The smallest absolute Gasteiger partial charge is 0.314 e. The zero-order valence-corrected chi connectivity index (χ0v) is 11.6. The zero-order valence-electron chi connectivity index (χ0n) is 10.8. The molecule has 106 valence electrons. The van der Waals surface area contributed by atoms with Gasteiger partial charge in [0.25, 0.3) is 5.56 Å². The predicted molar refractivity (Wildman–Crippen MR) is 68.6 cm³/mol. The lowest BCUT2D eigenvalue weighted by atomic mass is 10.4. The number of nitrogens with zero attached hydrogens (tertiary/aromatic N) is 3. The van der Waals surface area contributed by atoms with Crippen molar-refractivity contribution in [3.05, 3.63) is 27.0 Å². The minimum Gasteiger partial charge on any atom is -0.314 e.